The molecule has 1 aromatic carbocycles. The number of nitrogens with zero attached hydrogens (tertiary/aromatic N) is 4. The van der Waals surface area contributed by atoms with Gasteiger partial charge in [-0.1, -0.05) is 0 Å². The van der Waals surface area contributed by atoms with Crippen molar-refractivity contribution in [1.82, 2.24) is 14.5 Å². The molecule has 0 aliphatic rings. The first-order valence-corrected chi connectivity index (χ1v) is 5.72. The van der Waals surface area contributed by atoms with Crippen molar-refractivity contribution in [1.29, 1.82) is 0 Å². The second kappa shape index (κ2) is 4.49. The molecule has 0 aliphatic carbocycles. The van der Waals surface area contributed by atoms with Crippen molar-refractivity contribution < 1.29 is 4.92 Å². The molecule has 0 amide bonds. The summed E-state index contributed by atoms with van der Waals surface area (Å²) in [5.74, 6) is 0. The lowest BCUT2D eigenvalue weighted by atomic mass is 10.2. The van der Waals surface area contributed by atoms with Crippen molar-refractivity contribution in [2.24, 2.45) is 0 Å². The van der Waals surface area contributed by atoms with Crippen molar-refractivity contribution in [3.8, 4) is 0 Å². The third-order valence-corrected chi connectivity index (χ3v) is 2.91. The monoisotopic (exact) mass is 254 g/mol. The maximum absolute atomic E-state index is 10.7. The fourth-order valence-corrected chi connectivity index (χ4v) is 2.03. The third kappa shape index (κ3) is 2.15. The molecule has 6 heteroatoms. The predicted octanol–water partition coefficient (Wildman–Crippen LogP) is 2.39. The van der Waals surface area contributed by atoms with Crippen LogP contribution in [0.3, 0.4) is 0 Å². The summed E-state index contributed by atoms with van der Waals surface area (Å²) >= 11 is 0. The summed E-state index contributed by atoms with van der Waals surface area (Å²) in [7, 11) is 0. The molecule has 0 radical (unpaired) electrons. The zero-order chi connectivity index (χ0) is 13.2. The molecular formula is C13H10N4O2. The van der Waals surface area contributed by atoms with E-state index in [9.17, 15) is 10.1 Å². The molecule has 0 aliphatic heterocycles. The third-order valence-electron chi connectivity index (χ3n) is 2.91. The van der Waals surface area contributed by atoms with E-state index in [0.29, 0.717) is 6.54 Å². The second-order valence-corrected chi connectivity index (χ2v) is 4.14. The van der Waals surface area contributed by atoms with Gasteiger partial charge in [-0.3, -0.25) is 20.1 Å². The molecule has 0 saturated heterocycles. The lowest BCUT2D eigenvalue weighted by molar-refractivity contribution is -0.384. The van der Waals surface area contributed by atoms with Crippen LogP contribution in [0.2, 0.25) is 0 Å². The van der Waals surface area contributed by atoms with Gasteiger partial charge in [0.2, 0.25) is 0 Å². The molecule has 3 aromatic rings. The number of nitro groups is 1. The molecule has 0 spiro atoms. The highest BCUT2D eigenvalue weighted by Gasteiger charge is 2.09. The average Bonchev–Trinajstić information content (AvgIpc) is 2.82. The van der Waals surface area contributed by atoms with Gasteiger partial charge < -0.3 is 4.57 Å². The van der Waals surface area contributed by atoms with Gasteiger partial charge in [-0.15, -0.1) is 0 Å². The van der Waals surface area contributed by atoms with Crippen LogP contribution in [0.5, 0.6) is 0 Å². The predicted molar refractivity (Wildman–Crippen MR) is 69.7 cm³/mol. The number of hydrogen-bond acceptors (Lipinski definition) is 4. The van der Waals surface area contributed by atoms with E-state index in [2.05, 4.69) is 9.97 Å². The number of hydrogen-bond donors (Lipinski definition) is 0. The summed E-state index contributed by atoms with van der Waals surface area (Å²) < 4.78 is 1.99. The zero-order valence-electron chi connectivity index (χ0n) is 9.93. The Kier molecular flexibility index (Phi) is 2.68. The van der Waals surface area contributed by atoms with Crippen molar-refractivity contribution in [2.75, 3.05) is 0 Å². The minimum atomic E-state index is -0.389. The molecule has 2 aromatic heterocycles. The maximum Gasteiger partial charge on any atom is 0.270 e. The largest absolute Gasteiger partial charge is 0.341 e. The van der Waals surface area contributed by atoms with Crippen LogP contribution in [0.1, 0.15) is 5.69 Å². The summed E-state index contributed by atoms with van der Waals surface area (Å²) in [5, 5.41) is 11.6. The summed E-state index contributed by atoms with van der Waals surface area (Å²) in [6.07, 6.45) is 6.87. The van der Waals surface area contributed by atoms with Gasteiger partial charge in [0.05, 0.1) is 23.4 Å². The molecule has 6 nitrogen and oxygen atoms in total. The van der Waals surface area contributed by atoms with E-state index >= 15 is 0 Å². The van der Waals surface area contributed by atoms with Gasteiger partial charge in [0, 0.05) is 41.6 Å². The number of rotatable bonds is 3. The van der Waals surface area contributed by atoms with Crippen molar-refractivity contribution in [3.05, 3.63) is 64.9 Å². The first-order valence-electron chi connectivity index (χ1n) is 5.72. The Balaban J connectivity index is 1.99. The Morgan fingerprint density at radius 3 is 2.89 bits per heavy atom. The minimum absolute atomic E-state index is 0.102. The minimum Gasteiger partial charge on any atom is -0.341 e. The Morgan fingerprint density at radius 2 is 2.16 bits per heavy atom. The smallest absolute Gasteiger partial charge is 0.270 e. The molecule has 0 fully saturated rings. The Labute approximate surface area is 108 Å². The summed E-state index contributed by atoms with van der Waals surface area (Å²) in [5.41, 5.74) is 1.89. The van der Waals surface area contributed by atoms with Crippen LogP contribution in [0.4, 0.5) is 5.69 Å². The van der Waals surface area contributed by atoms with E-state index in [1.165, 1.54) is 6.07 Å². The number of aromatic nitrogens is 3. The van der Waals surface area contributed by atoms with Crippen LogP contribution in [-0.2, 0) is 6.54 Å². The van der Waals surface area contributed by atoms with Crippen LogP contribution >= 0.6 is 0 Å². The molecule has 0 atom stereocenters. The maximum atomic E-state index is 10.7. The Bertz CT molecular complexity index is 737. The Hall–Kier alpha value is -2.76. The normalized spacial score (nSPS) is 10.7. The molecule has 0 saturated carbocycles. The molecule has 2 heterocycles. The zero-order valence-corrected chi connectivity index (χ0v) is 9.93. The first kappa shape index (κ1) is 11.3. The molecule has 0 N–H and O–H groups in total. The van der Waals surface area contributed by atoms with E-state index in [0.717, 1.165) is 16.6 Å². The summed E-state index contributed by atoms with van der Waals surface area (Å²) in [4.78, 5) is 18.6. The van der Waals surface area contributed by atoms with E-state index in [4.69, 9.17) is 0 Å². The van der Waals surface area contributed by atoms with Gasteiger partial charge in [0.1, 0.15) is 0 Å². The van der Waals surface area contributed by atoms with Crippen LogP contribution in [0, 0.1) is 10.1 Å². The van der Waals surface area contributed by atoms with E-state index in [1.807, 2.05) is 16.8 Å². The highest BCUT2D eigenvalue weighted by Crippen LogP contribution is 2.22. The van der Waals surface area contributed by atoms with Crippen LogP contribution in [-0.4, -0.2) is 19.5 Å². The van der Waals surface area contributed by atoms with E-state index in [1.54, 1.807) is 30.7 Å². The number of benzene rings is 1. The molecule has 19 heavy (non-hydrogen) atoms. The van der Waals surface area contributed by atoms with E-state index < -0.39 is 0 Å². The van der Waals surface area contributed by atoms with Crippen molar-refractivity contribution >= 4 is 16.6 Å². The average molecular weight is 254 g/mol. The lowest BCUT2D eigenvalue weighted by Crippen LogP contribution is -2.00. The molecule has 0 unspecified atom stereocenters. The van der Waals surface area contributed by atoms with Gasteiger partial charge in [-0.05, 0) is 12.1 Å². The molecule has 3 rings (SSSR count). The molecular weight excluding hydrogens is 244 g/mol. The van der Waals surface area contributed by atoms with Crippen LogP contribution in [0.25, 0.3) is 10.9 Å². The highest BCUT2D eigenvalue weighted by atomic mass is 16.6. The van der Waals surface area contributed by atoms with Crippen molar-refractivity contribution in [3.63, 3.8) is 0 Å². The quantitative estimate of drug-likeness (QED) is 0.531. The van der Waals surface area contributed by atoms with E-state index in [-0.39, 0.29) is 10.6 Å². The van der Waals surface area contributed by atoms with Crippen LogP contribution in [0.15, 0.2) is 49.1 Å². The van der Waals surface area contributed by atoms with Crippen LogP contribution < -0.4 is 0 Å². The topological polar surface area (TPSA) is 73.8 Å². The first-order chi connectivity index (χ1) is 9.24. The van der Waals surface area contributed by atoms with Gasteiger partial charge in [0.25, 0.3) is 5.69 Å². The molecule has 0 bridgehead atoms. The fourth-order valence-electron chi connectivity index (χ4n) is 2.03. The van der Waals surface area contributed by atoms with Crippen molar-refractivity contribution in [2.45, 2.75) is 6.54 Å². The summed E-state index contributed by atoms with van der Waals surface area (Å²) in [6.45, 7) is 0.592. The fraction of sp³-hybridized carbons (Fsp3) is 0.0769. The Morgan fingerprint density at radius 1 is 1.26 bits per heavy atom. The highest BCUT2D eigenvalue weighted by molar-refractivity contribution is 5.82. The number of nitro benzene ring substituents is 1. The van der Waals surface area contributed by atoms with Gasteiger partial charge >= 0.3 is 0 Å². The lowest BCUT2D eigenvalue weighted by Gasteiger charge is -2.04. The number of non-ortho nitro benzene ring substituents is 1. The molecule has 94 valence electrons. The SMILES string of the molecule is O=[N+]([O-])c1ccc2c(ccn2Cc2cnccn2)c1. The van der Waals surface area contributed by atoms with Gasteiger partial charge in [0.15, 0.2) is 0 Å². The second-order valence-electron chi connectivity index (χ2n) is 4.14. The van der Waals surface area contributed by atoms with Gasteiger partial charge in [-0.2, -0.15) is 0 Å². The summed E-state index contributed by atoms with van der Waals surface area (Å²) in [6, 6.07) is 6.69. The standard InChI is InChI=1S/C13H10N4O2/c18-17(19)12-1-2-13-10(7-12)3-6-16(13)9-11-8-14-4-5-15-11/h1-8H,9H2. The van der Waals surface area contributed by atoms with Gasteiger partial charge in [-0.25, -0.2) is 0 Å². The number of fused-ring (bicyclic) bond motifs is 1.